The monoisotopic (exact) mass is 425 g/mol. The molecule has 0 aliphatic carbocycles. The third kappa shape index (κ3) is 5.07. The highest BCUT2D eigenvalue weighted by Gasteiger charge is 2.51. The number of methoxy groups -OCH3 is 1. The van der Waals surface area contributed by atoms with Gasteiger partial charge in [-0.15, -0.1) is 0 Å². The van der Waals surface area contributed by atoms with Crippen molar-refractivity contribution in [1.82, 2.24) is 5.32 Å². The van der Waals surface area contributed by atoms with Gasteiger partial charge in [0.05, 0.1) is 13.0 Å². The topological polar surface area (TPSA) is 64.6 Å². The van der Waals surface area contributed by atoms with Crippen molar-refractivity contribution in [3.8, 4) is 0 Å². The van der Waals surface area contributed by atoms with Gasteiger partial charge in [0.25, 0.3) is 0 Å². The number of hydrogen-bond acceptors (Lipinski definition) is 5. The largest absolute Gasteiger partial charge is 0.468 e. The van der Waals surface area contributed by atoms with Crippen LogP contribution in [0.15, 0.2) is 30.3 Å². The zero-order chi connectivity index (χ0) is 19.3. The Bertz CT molecular complexity index is 614. The molecule has 4 atom stereocenters. The molecule has 5 nitrogen and oxygen atoms in total. The van der Waals surface area contributed by atoms with E-state index in [9.17, 15) is 9.59 Å². The molecule has 2 rings (SSSR count). The molecule has 26 heavy (non-hydrogen) atoms. The zero-order valence-corrected chi connectivity index (χ0v) is 17.4. The highest BCUT2D eigenvalue weighted by atomic mass is 79.9. The molecule has 1 N–H and O–H groups in total. The minimum Gasteiger partial charge on any atom is -0.468 e. The van der Waals surface area contributed by atoms with Gasteiger partial charge in [-0.3, -0.25) is 14.9 Å². The molecule has 1 aliphatic heterocycles. The Labute approximate surface area is 164 Å². The van der Waals surface area contributed by atoms with Crippen LogP contribution in [0.2, 0.25) is 0 Å². The number of alkyl halides is 1. The molecule has 1 fully saturated rings. The molecule has 0 radical (unpaired) electrons. The molecule has 0 bridgehead atoms. The molecule has 6 heteroatoms. The van der Waals surface area contributed by atoms with Gasteiger partial charge in [-0.25, -0.2) is 0 Å². The summed E-state index contributed by atoms with van der Waals surface area (Å²) >= 11 is 3.44. The van der Waals surface area contributed by atoms with Crippen molar-refractivity contribution in [3.05, 3.63) is 35.9 Å². The number of benzene rings is 1. The van der Waals surface area contributed by atoms with E-state index < -0.39 is 17.6 Å². The molecule has 0 saturated carbocycles. The second-order valence-corrected chi connectivity index (χ2v) is 8.40. The van der Waals surface area contributed by atoms with Crippen molar-refractivity contribution in [1.29, 1.82) is 0 Å². The van der Waals surface area contributed by atoms with Crippen LogP contribution in [0, 0.1) is 11.8 Å². The van der Waals surface area contributed by atoms with Crippen LogP contribution in [0.1, 0.15) is 45.2 Å². The lowest BCUT2D eigenvalue weighted by Crippen LogP contribution is -2.38. The third-order valence-corrected chi connectivity index (χ3v) is 5.13. The summed E-state index contributed by atoms with van der Waals surface area (Å²) < 4.78 is 10.7. The van der Waals surface area contributed by atoms with Crippen LogP contribution >= 0.6 is 15.9 Å². The predicted octanol–water partition coefficient (Wildman–Crippen LogP) is 3.62. The SMILES string of the molecule is COC(=O)[C@@H]1N[C@H](c2ccccc2)[C@@H](C(=O)OC(C)(C)C)[C@@H]1CCCBr. The first kappa shape index (κ1) is 20.9. The fourth-order valence-corrected chi connectivity index (χ4v) is 3.87. The molecule has 1 aromatic carbocycles. The van der Waals surface area contributed by atoms with Crippen LogP contribution in [0.25, 0.3) is 0 Å². The summed E-state index contributed by atoms with van der Waals surface area (Å²) in [5.41, 5.74) is 0.389. The smallest absolute Gasteiger partial charge is 0.323 e. The van der Waals surface area contributed by atoms with Crippen LogP contribution < -0.4 is 5.32 Å². The zero-order valence-electron chi connectivity index (χ0n) is 15.8. The first-order valence-corrected chi connectivity index (χ1v) is 10.1. The lowest BCUT2D eigenvalue weighted by atomic mass is 9.81. The maximum Gasteiger partial charge on any atom is 0.323 e. The van der Waals surface area contributed by atoms with E-state index >= 15 is 0 Å². The van der Waals surface area contributed by atoms with Crippen LogP contribution in [0.4, 0.5) is 0 Å². The molecular formula is C20H28BrNO4. The summed E-state index contributed by atoms with van der Waals surface area (Å²) in [5, 5.41) is 4.16. The molecule has 0 aromatic heterocycles. The maximum atomic E-state index is 13.0. The number of halogens is 1. The maximum absolute atomic E-state index is 13.0. The molecule has 144 valence electrons. The third-order valence-electron chi connectivity index (χ3n) is 4.57. The Kier molecular flexibility index (Phi) is 7.24. The lowest BCUT2D eigenvalue weighted by molar-refractivity contribution is -0.162. The molecule has 0 unspecified atom stereocenters. The summed E-state index contributed by atoms with van der Waals surface area (Å²) in [6.45, 7) is 5.57. The van der Waals surface area contributed by atoms with Crippen molar-refractivity contribution in [3.63, 3.8) is 0 Å². The molecule has 1 heterocycles. The Morgan fingerprint density at radius 1 is 1.15 bits per heavy atom. The van der Waals surface area contributed by atoms with Gasteiger partial charge in [0, 0.05) is 17.3 Å². The van der Waals surface area contributed by atoms with Crippen LogP contribution in [-0.2, 0) is 19.1 Å². The number of ether oxygens (including phenoxy) is 2. The summed E-state index contributed by atoms with van der Waals surface area (Å²) in [5.74, 6) is -1.23. The van der Waals surface area contributed by atoms with Gasteiger partial charge in [0.2, 0.25) is 0 Å². The number of carbonyl (C=O) groups excluding carboxylic acids is 2. The van der Waals surface area contributed by atoms with E-state index in [2.05, 4.69) is 21.2 Å². The summed E-state index contributed by atoms with van der Waals surface area (Å²) in [7, 11) is 1.38. The molecular weight excluding hydrogens is 398 g/mol. The summed E-state index contributed by atoms with van der Waals surface area (Å²) in [6, 6.07) is 8.93. The van der Waals surface area contributed by atoms with E-state index in [1.807, 2.05) is 51.1 Å². The minimum atomic E-state index is -0.582. The number of carbonyl (C=O) groups is 2. The van der Waals surface area contributed by atoms with Gasteiger partial charge >= 0.3 is 11.9 Å². The van der Waals surface area contributed by atoms with Crippen molar-refractivity contribution in [2.24, 2.45) is 11.8 Å². The molecule has 1 aliphatic rings. The van der Waals surface area contributed by atoms with Gasteiger partial charge in [0.1, 0.15) is 11.6 Å². The predicted molar refractivity (Wildman–Crippen MR) is 104 cm³/mol. The lowest BCUT2D eigenvalue weighted by Gasteiger charge is -2.28. The fourth-order valence-electron chi connectivity index (χ4n) is 3.55. The second-order valence-electron chi connectivity index (χ2n) is 7.61. The number of esters is 2. The first-order chi connectivity index (χ1) is 12.3. The van der Waals surface area contributed by atoms with E-state index in [-0.39, 0.29) is 23.9 Å². The second kappa shape index (κ2) is 9.00. The number of nitrogens with one attached hydrogen (secondary N) is 1. The standard InChI is InChI=1S/C20H28BrNO4/c1-20(2,3)26-18(23)15-14(11-8-12-21)17(19(24)25-4)22-16(15)13-9-6-5-7-10-13/h5-7,9-10,14-17,22H,8,11-12H2,1-4H3/t14-,15-,16+,17+/m0/s1. The van der Waals surface area contributed by atoms with E-state index in [4.69, 9.17) is 9.47 Å². The van der Waals surface area contributed by atoms with Crippen molar-refractivity contribution >= 4 is 27.9 Å². The van der Waals surface area contributed by atoms with E-state index in [1.165, 1.54) is 7.11 Å². The van der Waals surface area contributed by atoms with E-state index in [0.29, 0.717) is 0 Å². The Balaban J connectivity index is 2.40. The fraction of sp³-hybridized carbons (Fsp3) is 0.600. The van der Waals surface area contributed by atoms with Gasteiger partial charge in [-0.05, 0) is 39.2 Å². The average Bonchev–Trinajstić information content (AvgIpc) is 2.98. The van der Waals surface area contributed by atoms with Crippen LogP contribution in [-0.4, -0.2) is 36.0 Å². The average molecular weight is 426 g/mol. The molecule has 0 amide bonds. The Morgan fingerprint density at radius 2 is 1.81 bits per heavy atom. The van der Waals surface area contributed by atoms with E-state index in [1.54, 1.807) is 0 Å². The Hall–Kier alpha value is -1.40. The number of rotatable bonds is 6. The van der Waals surface area contributed by atoms with Crippen LogP contribution in [0.5, 0.6) is 0 Å². The highest BCUT2D eigenvalue weighted by molar-refractivity contribution is 9.09. The first-order valence-electron chi connectivity index (χ1n) is 8.96. The molecule has 0 spiro atoms. The Morgan fingerprint density at radius 3 is 2.35 bits per heavy atom. The molecule has 1 saturated heterocycles. The van der Waals surface area contributed by atoms with Crippen molar-refractivity contribution < 1.29 is 19.1 Å². The van der Waals surface area contributed by atoms with Gasteiger partial charge < -0.3 is 9.47 Å². The quantitative estimate of drug-likeness (QED) is 0.556. The van der Waals surface area contributed by atoms with Gasteiger partial charge in [0.15, 0.2) is 0 Å². The van der Waals surface area contributed by atoms with E-state index in [0.717, 1.165) is 23.7 Å². The summed E-state index contributed by atoms with van der Waals surface area (Å²) in [4.78, 5) is 25.4. The summed E-state index contributed by atoms with van der Waals surface area (Å²) in [6.07, 6.45) is 1.59. The highest BCUT2D eigenvalue weighted by Crippen LogP contribution is 2.41. The van der Waals surface area contributed by atoms with Crippen LogP contribution in [0.3, 0.4) is 0 Å². The minimum absolute atomic E-state index is 0.181. The van der Waals surface area contributed by atoms with Gasteiger partial charge in [-0.2, -0.15) is 0 Å². The van der Waals surface area contributed by atoms with Crippen molar-refractivity contribution in [2.75, 3.05) is 12.4 Å². The normalized spacial score (nSPS) is 25.7. The van der Waals surface area contributed by atoms with Crippen molar-refractivity contribution in [2.45, 2.75) is 51.3 Å². The molecule has 1 aromatic rings. The van der Waals surface area contributed by atoms with Gasteiger partial charge in [-0.1, -0.05) is 46.3 Å². The number of hydrogen-bond donors (Lipinski definition) is 1.